The first-order valence-electron chi connectivity index (χ1n) is 4.94. The lowest BCUT2D eigenvalue weighted by atomic mass is 10.4. The summed E-state index contributed by atoms with van der Waals surface area (Å²) in [5.41, 5.74) is 0. The fourth-order valence-corrected chi connectivity index (χ4v) is 2.70. The van der Waals surface area contributed by atoms with Crippen LogP contribution in [0.5, 0.6) is 0 Å². The molecule has 2 heterocycles. The number of pyridine rings is 1. The van der Waals surface area contributed by atoms with E-state index in [2.05, 4.69) is 24.4 Å². The van der Waals surface area contributed by atoms with Crippen molar-refractivity contribution in [3.63, 3.8) is 0 Å². The summed E-state index contributed by atoms with van der Waals surface area (Å²) >= 11 is 5.79. The van der Waals surface area contributed by atoms with E-state index in [1.807, 2.05) is 0 Å². The number of aromatic nitrogens is 3. The lowest BCUT2D eigenvalue weighted by Crippen LogP contribution is -2.26. The van der Waals surface area contributed by atoms with Gasteiger partial charge < -0.3 is 4.52 Å². The van der Waals surface area contributed by atoms with Gasteiger partial charge in [0, 0.05) is 25.4 Å². The van der Waals surface area contributed by atoms with Crippen LogP contribution in [0, 0.1) is 0 Å². The summed E-state index contributed by atoms with van der Waals surface area (Å²) in [6.45, 7) is 0.146. The van der Waals surface area contributed by atoms with Gasteiger partial charge in [-0.3, -0.25) is 4.98 Å². The zero-order valence-corrected chi connectivity index (χ0v) is 10.6. The predicted octanol–water partition coefficient (Wildman–Crippen LogP) is 0.639. The number of rotatable bonds is 5. The Labute approximate surface area is 108 Å². The summed E-state index contributed by atoms with van der Waals surface area (Å²) in [7, 11) is -3.67. The van der Waals surface area contributed by atoms with Crippen LogP contribution in [0.15, 0.2) is 34.3 Å². The normalized spacial score (nSPS) is 11.6. The quantitative estimate of drug-likeness (QED) is 0.867. The van der Waals surface area contributed by atoms with Crippen molar-refractivity contribution in [3.8, 4) is 0 Å². The molecule has 9 heteroatoms. The van der Waals surface area contributed by atoms with Gasteiger partial charge in [0.25, 0.3) is 0 Å². The average molecular weight is 289 g/mol. The molecule has 0 saturated carbocycles. The van der Waals surface area contributed by atoms with E-state index in [-0.39, 0.29) is 16.5 Å². The van der Waals surface area contributed by atoms with E-state index in [4.69, 9.17) is 11.6 Å². The van der Waals surface area contributed by atoms with E-state index in [0.717, 1.165) is 0 Å². The Bertz CT molecular complexity index is 615. The first-order valence-corrected chi connectivity index (χ1v) is 6.80. The van der Waals surface area contributed by atoms with Gasteiger partial charge in [-0.2, -0.15) is 4.98 Å². The third-order valence-corrected chi connectivity index (χ3v) is 4.00. The highest BCUT2D eigenvalue weighted by Gasteiger charge is 2.17. The van der Waals surface area contributed by atoms with Crippen LogP contribution in [-0.4, -0.2) is 30.1 Å². The lowest BCUT2D eigenvalue weighted by molar-refractivity contribution is 0.410. The molecule has 7 nitrogen and oxygen atoms in total. The molecule has 0 amide bonds. The number of hydrogen-bond donors (Lipinski definition) is 1. The maximum absolute atomic E-state index is 11.9. The van der Waals surface area contributed by atoms with E-state index >= 15 is 0 Å². The van der Waals surface area contributed by atoms with Gasteiger partial charge in [-0.1, -0.05) is 16.8 Å². The summed E-state index contributed by atoms with van der Waals surface area (Å²) in [5.74, 6) is 0.426. The molecule has 0 aromatic carbocycles. The standard InChI is InChI=1S/C9H9ClN4O3S/c10-7-1-3-11-5-8(7)18(15,16)13-4-2-9-12-6-17-14-9/h1,3,5-6,13H,2,4H2. The highest BCUT2D eigenvalue weighted by atomic mass is 35.5. The van der Waals surface area contributed by atoms with Crippen LogP contribution in [0.25, 0.3) is 0 Å². The zero-order valence-electron chi connectivity index (χ0n) is 9.08. The molecule has 18 heavy (non-hydrogen) atoms. The van der Waals surface area contributed by atoms with Gasteiger partial charge in [-0.25, -0.2) is 13.1 Å². The molecule has 0 fully saturated rings. The molecule has 0 aliphatic carbocycles. The second kappa shape index (κ2) is 5.42. The van der Waals surface area contributed by atoms with Crippen LogP contribution in [-0.2, 0) is 16.4 Å². The summed E-state index contributed by atoms with van der Waals surface area (Å²) in [5, 5.41) is 3.69. The predicted molar refractivity (Wildman–Crippen MR) is 62.4 cm³/mol. The molecule has 2 rings (SSSR count). The number of nitrogens with one attached hydrogen (secondary N) is 1. The maximum Gasteiger partial charge on any atom is 0.243 e. The fourth-order valence-electron chi connectivity index (χ4n) is 1.24. The summed E-state index contributed by atoms with van der Waals surface area (Å²) < 4.78 is 30.7. The Morgan fingerprint density at radius 1 is 1.44 bits per heavy atom. The zero-order chi connectivity index (χ0) is 13.0. The van der Waals surface area contributed by atoms with Gasteiger partial charge in [0.1, 0.15) is 4.90 Å². The number of sulfonamides is 1. The van der Waals surface area contributed by atoms with Crippen molar-refractivity contribution in [2.75, 3.05) is 6.54 Å². The molecular weight excluding hydrogens is 280 g/mol. The van der Waals surface area contributed by atoms with Crippen LogP contribution in [0.4, 0.5) is 0 Å². The van der Waals surface area contributed by atoms with Crippen molar-refractivity contribution in [3.05, 3.63) is 35.7 Å². The first-order chi connectivity index (χ1) is 8.59. The molecule has 0 atom stereocenters. The second-order valence-electron chi connectivity index (χ2n) is 3.30. The molecule has 0 aliphatic heterocycles. The van der Waals surface area contributed by atoms with Crippen molar-refractivity contribution in [1.29, 1.82) is 0 Å². The number of nitrogens with zero attached hydrogens (tertiary/aromatic N) is 3. The van der Waals surface area contributed by atoms with Crippen LogP contribution < -0.4 is 4.72 Å². The monoisotopic (exact) mass is 288 g/mol. The molecule has 2 aromatic rings. The number of hydrogen-bond acceptors (Lipinski definition) is 6. The molecule has 0 radical (unpaired) electrons. The van der Waals surface area contributed by atoms with Crippen molar-refractivity contribution >= 4 is 21.6 Å². The SMILES string of the molecule is O=S(=O)(NCCc1ncon1)c1cnccc1Cl. The Balaban J connectivity index is 2.02. The molecule has 0 unspecified atom stereocenters. The molecule has 2 aromatic heterocycles. The minimum Gasteiger partial charge on any atom is -0.343 e. The maximum atomic E-state index is 11.9. The van der Waals surface area contributed by atoms with E-state index in [1.54, 1.807) is 0 Å². The minimum atomic E-state index is -3.67. The van der Waals surface area contributed by atoms with Crippen molar-refractivity contribution in [2.45, 2.75) is 11.3 Å². The Morgan fingerprint density at radius 3 is 2.94 bits per heavy atom. The summed E-state index contributed by atoms with van der Waals surface area (Å²) in [6.07, 6.45) is 4.12. The molecule has 1 N–H and O–H groups in total. The number of halogens is 1. The van der Waals surface area contributed by atoms with Gasteiger partial charge in [0.05, 0.1) is 5.02 Å². The third kappa shape index (κ3) is 3.03. The molecule has 0 bridgehead atoms. The molecule has 0 saturated heterocycles. The molecule has 0 spiro atoms. The largest absolute Gasteiger partial charge is 0.343 e. The van der Waals surface area contributed by atoms with Gasteiger partial charge >= 0.3 is 0 Å². The van der Waals surface area contributed by atoms with E-state index in [9.17, 15) is 8.42 Å². The van der Waals surface area contributed by atoms with E-state index < -0.39 is 10.0 Å². The highest BCUT2D eigenvalue weighted by Crippen LogP contribution is 2.18. The molecular formula is C9H9ClN4O3S. The average Bonchev–Trinajstić information content (AvgIpc) is 2.82. The van der Waals surface area contributed by atoms with Crippen molar-refractivity contribution in [2.24, 2.45) is 0 Å². The molecule has 96 valence electrons. The van der Waals surface area contributed by atoms with Gasteiger partial charge in [0.2, 0.25) is 16.4 Å². The van der Waals surface area contributed by atoms with Crippen LogP contribution in [0.3, 0.4) is 0 Å². The third-order valence-electron chi connectivity index (χ3n) is 2.07. The van der Waals surface area contributed by atoms with Gasteiger partial charge in [-0.15, -0.1) is 0 Å². The lowest BCUT2D eigenvalue weighted by Gasteiger charge is -2.06. The topological polar surface area (TPSA) is 98.0 Å². The van der Waals surface area contributed by atoms with Crippen molar-refractivity contribution < 1.29 is 12.9 Å². The van der Waals surface area contributed by atoms with E-state index in [0.29, 0.717) is 12.2 Å². The van der Waals surface area contributed by atoms with Gasteiger partial charge in [0.15, 0.2) is 5.82 Å². The Hall–Kier alpha value is -1.51. The summed E-state index contributed by atoms with van der Waals surface area (Å²) in [6, 6.07) is 1.41. The van der Waals surface area contributed by atoms with Crippen molar-refractivity contribution in [1.82, 2.24) is 19.8 Å². The van der Waals surface area contributed by atoms with Crippen LogP contribution >= 0.6 is 11.6 Å². The van der Waals surface area contributed by atoms with E-state index in [1.165, 1.54) is 24.9 Å². The fraction of sp³-hybridized carbons (Fsp3) is 0.222. The van der Waals surface area contributed by atoms with Gasteiger partial charge in [-0.05, 0) is 6.07 Å². The van der Waals surface area contributed by atoms with Crippen LogP contribution in [0.2, 0.25) is 5.02 Å². The molecule has 0 aliphatic rings. The second-order valence-corrected chi connectivity index (χ2v) is 5.44. The minimum absolute atomic E-state index is 0.0558. The Morgan fingerprint density at radius 2 is 2.28 bits per heavy atom. The van der Waals surface area contributed by atoms with Crippen LogP contribution in [0.1, 0.15) is 5.82 Å². The smallest absolute Gasteiger partial charge is 0.243 e. The first kappa shape index (κ1) is 12.9. The highest BCUT2D eigenvalue weighted by molar-refractivity contribution is 7.89. The Kier molecular flexibility index (Phi) is 3.90. The summed E-state index contributed by atoms with van der Waals surface area (Å²) in [4.78, 5) is 7.45.